The van der Waals surface area contributed by atoms with Crippen LogP contribution in [0.25, 0.3) is 0 Å². The molecule has 2 rings (SSSR count). The van der Waals surface area contributed by atoms with E-state index in [4.69, 9.17) is 4.74 Å². The highest BCUT2D eigenvalue weighted by Gasteiger charge is 2.22. The standard InChI is InChI=1S/C16H26N2O2/c1-17-9-8-14-5-3-4-10-18(14)12-13-6-7-16(20-2)15(19)11-13/h6-7,11,14,17,19H,3-5,8-10,12H2,1-2H3. The second-order valence-corrected chi connectivity index (χ2v) is 5.52. The number of rotatable bonds is 6. The van der Waals surface area contributed by atoms with E-state index in [0.29, 0.717) is 11.8 Å². The monoisotopic (exact) mass is 278 g/mol. The second kappa shape index (κ2) is 7.50. The molecule has 1 heterocycles. The fourth-order valence-electron chi connectivity index (χ4n) is 2.97. The molecule has 0 bridgehead atoms. The zero-order chi connectivity index (χ0) is 14.4. The average Bonchev–Trinajstić information content (AvgIpc) is 2.46. The molecule has 0 aliphatic carbocycles. The quantitative estimate of drug-likeness (QED) is 0.838. The van der Waals surface area contributed by atoms with Gasteiger partial charge in [-0.15, -0.1) is 0 Å². The molecule has 0 saturated carbocycles. The molecule has 1 atom stereocenters. The number of phenolic OH excluding ortho intramolecular Hbond substituents is 1. The van der Waals surface area contributed by atoms with Crippen molar-refractivity contribution in [3.8, 4) is 11.5 Å². The Morgan fingerprint density at radius 1 is 1.40 bits per heavy atom. The van der Waals surface area contributed by atoms with Gasteiger partial charge in [-0.05, 0) is 57.1 Å². The number of piperidine rings is 1. The summed E-state index contributed by atoms with van der Waals surface area (Å²) in [4.78, 5) is 2.54. The number of likely N-dealkylation sites (tertiary alicyclic amines) is 1. The molecule has 1 aliphatic rings. The molecule has 1 aromatic carbocycles. The average molecular weight is 278 g/mol. The van der Waals surface area contributed by atoms with Crippen LogP contribution in [0.5, 0.6) is 11.5 Å². The van der Waals surface area contributed by atoms with Crippen LogP contribution in [0.3, 0.4) is 0 Å². The summed E-state index contributed by atoms with van der Waals surface area (Å²) in [5.74, 6) is 0.771. The first kappa shape index (κ1) is 15.1. The number of phenols is 1. The normalized spacial score (nSPS) is 20.0. The van der Waals surface area contributed by atoms with E-state index in [1.54, 1.807) is 7.11 Å². The van der Waals surface area contributed by atoms with Crippen LogP contribution in [0.15, 0.2) is 18.2 Å². The molecule has 1 aliphatic heterocycles. The van der Waals surface area contributed by atoms with Gasteiger partial charge in [0.15, 0.2) is 11.5 Å². The van der Waals surface area contributed by atoms with Gasteiger partial charge in [0.2, 0.25) is 0 Å². The van der Waals surface area contributed by atoms with Gasteiger partial charge in [0, 0.05) is 12.6 Å². The lowest BCUT2D eigenvalue weighted by molar-refractivity contribution is 0.132. The predicted molar refractivity (Wildman–Crippen MR) is 81.3 cm³/mol. The van der Waals surface area contributed by atoms with Gasteiger partial charge < -0.3 is 15.2 Å². The summed E-state index contributed by atoms with van der Waals surface area (Å²) in [6.07, 6.45) is 5.08. The van der Waals surface area contributed by atoms with E-state index in [-0.39, 0.29) is 5.75 Å². The molecule has 4 nitrogen and oxygen atoms in total. The Hall–Kier alpha value is -1.26. The number of nitrogens with zero attached hydrogens (tertiary/aromatic N) is 1. The maximum Gasteiger partial charge on any atom is 0.160 e. The lowest BCUT2D eigenvalue weighted by Gasteiger charge is -2.36. The van der Waals surface area contributed by atoms with E-state index < -0.39 is 0 Å². The highest BCUT2D eigenvalue weighted by Crippen LogP contribution is 2.28. The van der Waals surface area contributed by atoms with E-state index in [0.717, 1.165) is 25.2 Å². The molecule has 0 amide bonds. The molecule has 1 saturated heterocycles. The van der Waals surface area contributed by atoms with Crippen LogP contribution in [0.4, 0.5) is 0 Å². The Morgan fingerprint density at radius 3 is 2.95 bits per heavy atom. The molecule has 1 unspecified atom stereocenters. The van der Waals surface area contributed by atoms with E-state index in [1.807, 2.05) is 25.2 Å². The van der Waals surface area contributed by atoms with Crippen molar-refractivity contribution in [1.82, 2.24) is 10.2 Å². The van der Waals surface area contributed by atoms with E-state index >= 15 is 0 Å². The molecule has 0 aromatic heterocycles. The Balaban J connectivity index is 2.00. The second-order valence-electron chi connectivity index (χ2n) is 5.52. The van der Waals surface area contributed by atoms with Crippen molar-refractivity contribution in [2.45, 2.75) is 38.3 Å². The molecule has 1 aromatic rings. The minimum absolute atomic E-state index is 0.230. The number of benzene rings is 1. The van der Waals surface area contributed by atoms with Crippen LogP contribution in [0.1, 0.15) is 31.2 Å². The third-order valence-electron chi connectivity index (χ3n) is 4.11. The van der Waals surface area contributed by atoms with Crippen LogP contribution < -0.4 is 10.1 Å². The Bertz CT molecular complexity index is 423. The van der Waals surface area contributed by atoms with Gasteiger partial charge in [0.25, 0.3) is 0 Å². The highest BCUT2D eigenvalue weighted by molar-refractivity contribution is 5.41. The lowest BCUT2D eigenvalue weighted by Crippen LogP contribution is -2.40. The first-order valence-electron chi connectivity index (χ1n) is 7.49. The zero-order valence-electron chi connectivity index (χ0n) is 12.6. The fraction of sp³-hybridized carbons (Fsp3) is 0.625. The third-order valence-corrected chi connectivity index (χ3v) is 4.11. The van der Waals surface area contributed by atoms with E-state index in [1.165, 1.54) is 25.7 Å². The summed E-state index contributed by atoms with van der Waals surface area (Å²) in [6.45, 7) is 3.13. The van der Waals surface area contributed by atoms with Crippen molar-refractivity contribution >= 4 is 0 Å². The molecule has 20 heavy (non-hydrogen) atoms. The summed E-state index contributed by atoms with van der Waals surface area (Å²) in [5, 5.41) is 13.1. The first-order chi connectivity index (χ1) is 9.74. The zero-order valence-corrected chi connectivity index (χ0v) is 12.6. The van der Waals surface area contributed by atoms with Crippen molar-refractivity contribution in [2.24, 2.45) is 0 Å². The predicted octanol–water partition coefficient (Wildman–Crippen LogP) is 2.36. The van der Waals surface area contributed by atoms with Gasteiger partial charge in [-0.3, -0.25) is 4.90 Å². The van der Waals surface area contributed by atoms with Gasteiger partial charge in [-0.1, -0.05) is 12.5 Å². The molecular weight excluding hydrogens is 252 g/mol. The number of methoxy groups -OCH3 is 1. The minimum Gasteiger partial charge on any atom is -0.504 e. The van der Waals surface area contributed by atoms with E-state index in [9.17, 15) is 5.11 Å². The first-order valence-corrected chi connectivity index (χ1v) is 7.49. The highest BCUT2D eigenvalue weighted by atomic mass is 16.5. The van der Waals surface area contributed by atoms with Crippen molar-refractivity contribution in [3.63, 3.8) is 0 Å². The van der Waals surface area contributed by atoms with Crippen molar-refractivity contribution in [1.29, 1.82) is 0 Å². The Kier molecular flexibility index (Phi) is 5.68. The fourth-order valence-corrected chi connectivity index (χ4v) is 2.97. The SMILES string of the molecule is CNCCC1CCCCN1Cc1ccc(OC)c(O)c1. The molecule has 1 fully saturated rings. The van der Waals surface area contributed by atoms with Crippen LogP contribution in [-0.4, -0.2) is 43.3 Å². The minimum atomic E-state index is 0.230. The van der Waals surface area contributed by atoms with Gasteiger partial charge in [-0.2, -0.15) is 0 Å². The smallest absolute Gasteiger partial charge is 0.160 e. The Labute approximate surface area is 121 Å². The van der Waals surface area contributed by atoms with Crippen molar-refractivity contribution in [3.05, 3.63) is 23.8 Å². The van der Waals surface area contributed by atoms with Crippen LogP contribution in [0.2, 0.25) is 0 Å². The van der Waals surface area contributed by atoms with Crippen LogP contribution >= 0.6 is 0 Å². The third kappa shape index (κ3) is 3.87. The molecule has 112 valence electrons. The molecule has 4 heteroatoms. The van der Waals surface area contributed by atoms with Gasteiger partial charge >= 0.3 is 0 Å². The summed E-state index contributed by atoms with van der Waals surface area (Å²) < 4.78 is 5.09. The van der Waals surface area contributed by atoms with Crippen LogP contribution in [-0.2, 0) is 6.54 Å². The summed E-state index contributed by atoms with van der Waals surface area (Å²) in [5.41, 5.74) is 1.15. The van der Waals surface area contributed by atoms with E-state index in [2.05, 4.69) is 10.2 Å². The topological polar surface area (TPSA) is 44.7 Å². The maximum absolute atomic E-state index is 9.87. The van der Waals surface area contributed by atoms with Crippen LogP contribution in [0, 0.1) is 0 Å². The molecule has 2 N–H and O–H groups in total. The number of aromatic hydroxyl groups is 1. The molecule has 0 spiro atoms. The largest absolute Gasteiger partial charge is 0.504 e. The lowest BCUT2D eigenvalue weighted by atomic mass is 9.98. The molecular formula is C16H26N2O2. The number of hydrogen-bond donors (Lipinski definition) is 2. The van der Waals surface area contributed by atoms with Gasteiger partial charge in [-0.25, -0.2) is 0 Å². The number of hydrogen-bond acceptors (Lipinski definition) is 4. The Morgan fingerprint density at radius 2 is 2.25 bits per heavy atom. The number of ether oxygens (including phenoxy) is 1. The summed E-state index contributed by atoms with van der Waals surface area (Å²) in [6, 6.07) is 6.36. The number of nitrogens with one attached hydrogen (secondary N) is 1. The maximum atomic E-state index is 9.87. The van der Waals surface area contributed by atoms with Crippen molar-refractivity contribution < 1.29 is 9.84 Å². The van der Waals surface area contributed by atoms with Gasteiger partial charge in [0.05, 0.1) is 7.11 Å². The van der Waals surface area contributed by atoms with Gasteiger partial charge in [0.1, 0.15) is 0 Å². The van der Waals surface area contributed by atoms with Crippen molar-refractivity contribution in [2.75, 3.05) is 27.2 Å². The summed E-state index contributed by atoms with van der Waals surface area (Å²) >= 11 is 0. The molecule has 0 radical (unpaired) electrons. The summed E-state index contributed by atoms with van der Waals surface area (Å²) in [7, 11) is 3.59.